The van der Waals surface area contributed by atoms with E-state index in [2.05, 4.69) is 37.9 Å². The normalized spacial score (nSPS) is 37.5. The Hall–Kier alpha value is -0.610. The largest absolute Gasteiger partial charge is 0.381 e. The van der Waals surface area contributed by atoms with E-state index in [4.69, 9.17) is 4.74 Å². The first kappa shape index (κ1) is 14.8. The zero-order valence-electron chi connectivity index (χ0n) is 12.9. The fraction of sp³-hybridized carbons (Fsp3) is 0.933. The molecular formula is C15H28N2O2. The fourth-order valence-electron chi connectivity index (χ4n) is 3.61. The number of carbonyl (C=O) groups is 1. The average Bonchev–Trinajstić information content (AvgIpc) is 2.67. The number of methoxy groups -OCH3 is 1. The van der Waals surface area contributed by atoms with E-state index < -0.39 is 0 Å². The third-order valence-electron chi connectivity index (χ3n) is 5.00. The van der Waals surface area contributed by atoms with Crippen LogP contribution in [-0.4, -0.2) is 42.3 Å². The third-order valence-corrected chi connectivity index (χ3v) is 5.00. The van der Waals surface area contributed by atoms with Gasteiger partial charge in [-0.05, 0) is 19.3 Å². The molecule has 1 heterocycles. The first-order valence-electron chi connectivity index (χ1n) is 7.58. The molecule has 19 heavy (non-hydrogen) atoms. The molecule has 2 fully saturated rings. The molecular weight excluding hydrogens is 240 g/mol. The number of amides is 1. The Kier molecular flexibility index (Phi) is 4.21. The zero-order chi connectivity index (χ0) is 14.2. The quantitative estimate of drug-likeness (QED) is 0.830. The van der Waals surface area contributed by atoms with Gasteiger partial charge in [-0.3, -0.25) is 10.1 Å². The van der Waals surface area contributed by atoms with Crippen molar-refractivity contribution < 1.29 is 9.53 Å². The summed E-state index contributed by atoms with van der Waals surface area (Å²) >= 11 is 0. The second kappa shape index (κ2) is 5.41. The molecule has 1 aliphatic carbocycles. The first-order valence-corrected chi connectivity index (χ1v) is 7.58. The van der Waals surface area contributed by atoms with Crippen molar-refractivity contribution in [3.05, 3.63) is 0 Å². The van der Waals surface area contributed by atoms with E-state index in [-0.39, 0.29) is 29.6 Å². The number of nitrogens with one attached hydrogen (secondary N) is 1. The smallest absolute Gasteiger partial charge is 0.241 e. The molecule has 1 saturated carbocycles. The molecule has 2 rings (SSSR count). The van der Waals surface area contributed by atoms with E-state index in [9.17, 15) is 4.79 Å². The first-order chi connectivity index (χ1) is 8.97. The van der Waals surface area contributed by atoms with Gasteiger partial charge in [0.15, 0.2) is 0 Å². The van der Waals surface area contributed by atoms with Crippen LogP contribution in [0.3, 0.4) is 0 Å². The molecule has 4 atom stereocenters. The Bertz CT molecular complexity index is 343. The maximum absolute atomic E-state index is 12.6. The van der Waals surface area contributed by atoms with Crippen molar-refractivity contribution in [3.63, 3.8) is 0 Å². The minimum absolute atomic E-state index is 0.00828. The van der Waals surface area contributed by atoms with Crippen LogP contribution in [0.25, 0.3) is 0 Å². The lowest BCUT2D eigenvalue weighted by molar-refractivity contribution is -0.162. The van der Waals surface area contributed by atoms with Crippen molar-refractivity contribution >= 4 is 5.91 Å². The Morgan fingerprint density at radius 3 is 2.58 bits per heavy atom. The molecule has 4 unspecified atom stereocenters. The second-order valence-electron chi connectivity index (χ2n) is 6.47. The van der Waals surface area contributed by atoms with Crippen LogP contribution in [0.1, 0.15) is 53.4 Å². The third kappa shape index (κ3) is 2.29. The van der Waals surface area contributed by atoms with Gasteiger partial charge in [-0.25, -0.2) is 0 Å². The molecule has 0 aromatic rings. The van der Waals surface area contributed by atoms with Crippen LogP contribution < -0.4 is 5.32 Å². The summed E-state index contributed by atoms with van der Waals surface area (Å²) in [6, 6.07) is 0.319. The summed E-state index contributed by atoms with van der Waals surface area (Å²) in [5.41, 5.74) is 0.0563. The lowest BCUT2D eigenvalue weighted by atomic mass is 9.63. The molecule has 110 valence electrons. The van der Waals surface area contributed by atoms with Crippen molar-refractivity contribution in [1.29, 1.82) is 0 Å². The van der Waals surface area contributed by atoms with Crippen LogP contribution in [0.5, 0.6) is 0 Å². The molecule has 4 nitrogen and oxygen atoms in total. The fourth-order valence-corrected chi connectivity index (χ4v) is 3.61. The molecule has 4 heteroatoms. The van der Waals surface area contributed by atoms with Crippen LogP contribution in [0.2, 0.25) is 0 Å². The topological polar surface area (TPSA) is 41.6 Å². The highest BCUT2D eigenvalue weighted by Gasteiger charge is 2.56. The number of hydrogen-bond acceptors (Lipinski definition) is 3. The predicted octanol–water partition coefficient (Wildman–Crippen LogP) is 2.14. The van der Waals surface area contributed by atoms with Crippen LogP contribution in [0.4, 0.5) is 0 Å². The van der Waals surface area contributed by atoms with Crippen LogP contribution in [0, 0.1) is 5.41 Å². The minimum atomic E-state index is 0.00828. The Balaban J connectivity index is 2.15. The maximum Gasteiger partial charge on any atom is 0.241 e. The van der Waals surface area contributed by atoms with Crippen molar-refractivity contribution in [1.82, 2.24) is 10.2 Å². The number of carbonyl (C=O) groups excluding carboxylic acids is 1. The van der Waals surface area contributed by atoms with Gasteiger partial charge in [-0.2, -0.15) is 0 Å². The van der Waals surface area contributed by atoms with Crippen LogP contribution in [-0.2, 0) is 9.53 Å². The van der Waals surface area contributed by atoms with Gasteiger partial charge in [0.05, 0.1) is 18.3 Å². The number of hydrogen-bond donors (Lipinski definition) is 1. The van der Waals surface area contributed by atoms with Crippen molar-refractivity contribution in [2.45, 2.75) is 77.7 Å². The van der Waals surface area contributed by atoms with E-state index in [1.165, 1.54) is 0 Å². The summed E-state index contributed by atoms with van der Waals surface area (Å²) in [4.78, 5) is 14.7. The Labute approximate surface area is 116 Å². The lowest BCUT2D eigenvalue weighted by Gasteiger charge is -2.55. The number of ether oxygens (including phenoxy) is 1. The van der Waals surface area contributed by atoms with Gasteiger partial charge in [0.2, 0.25) is 5.91 Å². The molecule has 1 N–H and O–H groups in total. The SMILES string of the molecule is CCCC1NC(CC)C(=O)N1C1CC(OC)C1(C)C. The molecule has 2 aliphatic rings. The highest BCUT2D eigenvalue weighted by molar-refractivity contribution is 5.84. The minimum Gasteiger partial charge on any atom is -0.381 e. The van der Waals surface area contributed by atoms with Crippen molar-refractivity contribution in [2.75, 3.05) is 7.11 Å². The summed E-state index contributed by atoms with van der Waals surface area (Å²) in [6.07, 6.45) is 4.45. The maximum atomic E-state index is 12.6. The van der Waals surface area contributed by atoms with Crippen molar-refractivity contribution in [2.24, 2.45) is 5.41 Å². The summed E-state index contributed by atoms with van der Waals surface area (Å²) in [7, 11) is 1.77. The average molecular weight is 268 g/mol. The van der Waals surface area contributed by atoms with Gasteiger partial charge in [0.25, 0.3) is 0 Å². The summed E-state index contributed by atoms with van der Waals surface area (Å²) in [5.74, 6) is 0.286. The monoisotopic (exact) mass is 268 g/mol. The van der Waals surface area contributed by atoms with E-state index in [0.29, 0.717) is 6.04 Å². The Morgan fingerprint density at radius 2 is 2.11 bits per heavy atom. The molecule has 1 amide bonds. The standard InChI is InChI=1S/C15H28N2O2/c1-6-8-13-16-10(7-2)14(18)17(13)11-9-12(19-5)15(11,3)4/h10-13,16H,6-9H2,1-5H3. The van der Waals surface area contributed by atoms with Gasteiger partial charge in [-0.15, -0.1) is 0 Å². The van der Waals surface area contributed by atoms with Gasteiger partial charge in [0, 0.05) is 18.6 Å². The van der Waals surface area contributed by atoms with Gasteiger partial charge >= 0.3 is 0 Å². The number of nitrogens with zero attached hydrogens (tertiary/aromatic N) is 1. The summed E-state index contributed by atoms with van der Waals surface area (Å²) in [5, 5.41) is 3.50. The van der Waals surface area contributed by atoms with E-state index in [1.807, 2.05) is 0 Å². The molecule has 1 aliphatic heterocycles. The molecule has 1 saturated heterocycles. The van der Waals surface area contributed by atoms with Gasteiger partial charge in [0.1, 0.15) is 0 Å². The summed E-state index contributed by atoms with van der Waals surface area (Å²) in [6.45, 7) is 8.68. The van der Waals surface area contributed by atoms with Gasteiger partial charge in [-0.1, -0.05) is 34.1 Å². The van der Waals surface area contributed by atoms with Crippen LogP contribution in [0.15, 0.2) is 0 Å². The second-order valence-corrected chi connectivity index (χ2v) is 6.47. The van der Waals surface area contributed by atoms with Gasteiger partial charge < -0.3 is 9.64 Å². The summed E-state index contributed by atoms with van der Waals surface area (Å²) < 4.78 is 5.52. The molecule has 0 spiro atoms. The molecule has 0 aromatic carbocycles. The van der Waals surface area contributed by atoms with Crippen LogP contribution >= 0.6 is 0 Å². The molecule has 0 bridgehead atoms. The molecule has 0 radical (unpaired) electrons. The zero-order valence-corrected chi connectivity index (χ0v) is 12.9. The lowest BCUT2D eigenvalue weighted by Crippen LogP contribution is -2.64. The Morgan fingerprint density at radius 1 is 1.42 bits per heavy atom. The van der Waals surface area contributed by atoms with E-state index >= 15 is 0 Å². The molecule has 0 aromatic heterocycles. The highest BCUT2D eigenvalue weighted by Crippen LogP contribution is 2.47. The highest BCUT2D eigenvalue weighted by atomic mass is 16.5. The van der Waals surface area contributed by atoms with E-state index in [1.54, 1.807) is 7.11 Å². The predicted molar refractivity (Wildman–Crippen MR) is 75.7 cm³/mol. The number of rotatable bonds is 5. The van der Waals surface area contributed by atoms with Crippen molar-refractivity contribution in [3.8, 4) is 0 Å². The van der Waals surface area contributed by atoms with E-state index in [0.717, 1.165) is 25.7 Å².